The molecule has 0 unspecified atom stereocenters. The molecule has 0 aromatic heterocycles. The summed E-state index contributed by atoms with van der Waals surface area (Å²) < 4.78 is 20.3. The van der Waals surface area contributed by atoms with E-state index in [1.807, 2.05) is 84.9 Å². The Kier molecular flexibility index (Phi) is 4.83. The van der Waals surface area contributed by atoms with Gasteiger partial charge < -0.3 is 4.52 Å². The zero-order valence-electron chi connectivity index (χ0n) is 14.8. The molecule has 0 fully saturated rings. The van der Waals surface area contributed by atoms with Crippen LogP contribution in [0.4, 0.5) is 0 Å². The van der Waals surface area contributed by atoms with Crippen molar-refractivity contribution in [3.8, 4) is 5.75 Å². The first-order valence-electron chi connectivity index (χ1n) is 8.42. The van der Waals surface area contributed by atoms with Gasteiger partial charge in [0.15, 0.2) is 0 Å². The zero-order valence-corrected chi connectivity index (χ0v) is 15.7. The molecule has 2 nitrogen and oxygen atoms in total. The van der Waals surface area contributed by atoms with E-state index in [1.165, 1.54) is 0 Å². The van der Waals surface area contributed by atoms with E-state index >= 15 is 0 Å². The molecule has 0 aliphatic heterocycles. The summed E-state index contributed by atoms with van der Waals surface area (Å²) in [5.41, 5.74) is 0.941. The Bertz CT molecular complexity index is 837. The topological polar surface area (TPSA) is 26.3 Å². The maximum absolute atomic E-state index is 14.0. The highest BCUT2D eigenvalue weighted by molar-refractivity contribution is 7.74. The summed E-state index contributed by atoms with van der Waals surface area (Å²) in [7, 11) is -3.24. The third-order valence-corrected chi connectivity index (χ3v) is 6.52. The molecule has 3 aromatic rings. The van der Waals surface area contributed by atoms with Gasteiger partial charge in [-0.2, -0.15) is 0 Å². The van der Waals surface area contributed by atoms with Gasteiger partial charge in [-0.15, -0.1) is 0 Å². The highest BCUT2D eigenvalue weighted by atomic mass is 31.2. The number of rotatable bonds is 4. The molecule has 0 aliphatic carbocycles. The Morgan fingerprint density at radius 3 is 1.60 bits per heavy atom. The van der Waals surface area contributed by atoms with Crippen LogP contribution in [0.15, 0.2) is 84.9 Å². The van der Waals surface area contributed by atoms with Crippen LogP contribution in [0.25, 0.3) is 0 Å². The maximum atomic E-state index is 14.0. The van der Waals surface area contributed by atoms with Crippen LogP contribution >= 0.6 is 7.37 Å². The molecule has 0 atom stereocenters. The van der Waals surface area contributed by atoms with Crippen molar-refractivity contribution in [2.45, 2.75) is 26.2 Å². The van der Waals surface area contributed by atoms with Crippen molar-refractivity contribution in [3.63, 3.8) is 0 Å². The average molecular weight is 350 g/mol. The van der Waals surface area contributed by atoms with Crippen LogP contribution in [0.3, 0.4) is 0 Å². The van der Waals surface area contributed by atoms with Gasteiger partial charge in [0.1, 0.15) is 5.75 Å². The molecule has 0 saturated heterocycles. The van der Waals surface area contributed by atoms with Gasteiger partial charge in [-0.3, -0.25) is 4.57 Å². The minimum Gasteiger partial charge on any atom is -0.437 e. The van der Waals surface area contributed by atoms with Gasteiger partial charge in [0, 0.05) is 0 Å². The summed E-state index contributed by atoms with van der Waals surface area (Å²) in [5, 5.41) is 1.40. The van der Waals surface area contributed by atoms with E-state index in [-0.39, 0.29) is 5.41 Å². The maximum Gasteiger partial charge on any atom is 0.306 e. The van der Waals surface area contributed by atoms with Crippen molar-refractivity contribution < 1.29 is 9.09 Å². The quantitative estimate of drug-likeness (QED) is 0.598. The smallest absolute Gasteiger partial charge is 0.306 e. The second-order valence-corrected chi connectivity index (χ2v) is 9.38. The van der Waals surface area contributed by atoms with E-state index in [1.54, 1.807) is 0 Å². The standard InChI is InChI=1S/C22H23O2P/c1-22(2,3)20-16-10-11-17-21(20)24-25(23,18-12-6-4-7-13-18)19-14-8-5-9-15-19/h4-17H,1-3H3. The fourth-order valence-electron chi connectivity index (χ4n) is 2.81. The van der Waals surface area contributed by atoms with E-state index in [4.69, 9.17) is 4.52 Å². The van der Waals surface area contributed by atoms with Crippen LogP contribution in [-0.4, -0.2) is 0 Å². The molecular formula is C22H23O2P. The van der Waals surface area contributed by atoms with E-state index in [9.17, 15) is 4.57 Å². The van der Waals surface area contributed by atoms with Crippen molar-refractivity contribution in [3.05, 3.63) is 90.5 Å². The summed E-state index contributed by atoms with van der Waals surface area (Å²) in [6.45, 7) is 6.39. The van der Waals surface area contributed by atoms with E-state index in [0.29, 0.717) is 16.4 Å². The fourth-order valence-corrected chi connectivity index (χ4v) is 4.88. The van der Waals surface area contributed by atoms with Crippen molar-refractivity contribution >= 4 is 18.0 Å². The van der Waals surface area contributed by atoms with Crippen LogP contribution in [-0.2, 0) is 9.98 Å². The number of benzene rings is 3. The second kappa shape index (κ2) is 6.90. The molecule has 0 N–H and O–H groups in total. The molecule has 0 saturated carbocycles. The SMILES string of the molecule is CC(C)(C)c1ccccc1OP(=O)(c1ccccc1)c1ccccc1. The normalized spacial score (nSPS) is 12.0. The Balaban J connectivity index is 2.15. The number of hydrogen-bond acceptors (Lipinski definition) is 2. The van der Waals surface area contributed by atoms with E-state index in [0.717, 1.165) is 5.56 Å². The van der Waals surface area contributed by atoms with E-state index < -0.39 is 7.37 Å². The molecule has 0 bridgehead atoms. The lowest BCUT2D eigenvalue weighted by Gasteiger charge is -2.26. The molecule has 3 rings (SSSR count). The Hall–Kier alpha value is -2.31. The largest absolute Gasteiger partial charge is 0.437 e. The average Bonchev–Trinajstić information content (AvgIpc) is 2.63. The minimum atomic E-state index is -3.24. The summed E-state index contributed by atoms with van der Waals surface area (Å²) in [6.07, 6.45) is 0. The Morgan fingerprint density at radius 2 is 1.12 bits per heavy atom. The van der Waals surface area contributed by atoms with Gasteiger partial charge in [-0.25, -0.2) is 0 Å². The lowest BCUT2D eigenvalue weighted by Crippen LogP contribution is -2.21. The molecule has 0 amide bonds. The third-order valence-electron chi connectivity index (χ3n) is 4.11. The van der Waals surface area contributed by atoms with Crippen molar-refractivity contribution in [2.24, 2.45) is 0 Å². The molecule has 25 heavy (non-hydrogen) atoms. The first-order valence-corrected chi connectivity index (χ1v) is 10.0. The number of para-hydroxylation sites is 1. The number of hydrogen-bond donors (Lipinski definition) is 0. The lowest BCUT2D eigenvalue weighted by molar-refractivity contribution is 0.485. The van der Waals surface area contributed by atoms with Crippen LogP contribution in [0.2, 0.25) is 0 Å². The highest BCUT2D eigenvalue weighted by Gasteiger charge is 2.32. The van der Waals surface area contributed by atoms with Gasteiger partial charge in [-0.1, -0.05) is 75.4 Å². The van der Waals surface area contributed by atoms with E-state index in [2.05, 4.69) is 20.8 Å². The molecule has 0 aliphatic rings. The molecule has 128 valence electrons. The van der Waals surface area contributed by atoms with Gasteiger partial charge in [0.05, 0.1) is 10.6 Å². The second-order valence-electron chi connectivity index (χ2n) is 7.06. The molecular weight excluding hydrogens is 327 g/mol. The lowest BCUT2D eigenvalue weighted by atomic mass is 9.86. The fraction of sp³-hybridized carbons (Fsp3) is 0.182. The van der Waals surface area contributed by atoms with Gasteiger partial charge in [-0.05, 0) is 41.3 Å². The predicted molar refractivity (Wildman–Crippen MR) is 106 cm³/mol. The molecule has 3 aromatic carbocycles. The first kappa shape index (κ1) is 17.5. The summed E-state index contributed by atoms with van der Waals surface area (Å²) >= 11 is 0. The molecule has 3 heteroatoms. The minimum absolute atomic E-state index is 0.102. The summed E-state index contributed by atoms with van der Waals surface area (Å²) in [6, 6.07) is 26.7. The Labute approximate surface area is 149 Å². The van der Waals surface area contributed by atoms with Crippen LogP contribution in [0, 0.1) is 0 Å². The van der Waals surface area contributed by atoms with Crippen molar-refractivity contribution in [2.75, 3.05) is 0 Å². The molecule has 0 heterocycles. The van der Waals surface area contributed by atoms with Crippen molar-refractivity contribution in [1.29, 1.82) is 0 Å². The van der Waals surface area contributed by atoms with Gasteiger partial charge >= 0.3 is 7.37 Å². The van der Waals surface area contributed by atoms with Crippen LogP contribution in [0.1, 0.15) is 26.3 Å². The molecule has 0 radical (unpaired) electrons. The predicted octanol–water partition coefficient (Wildman–Crippen LogP) is 5.29. The molecule has 0 spiro atoms. The highest BCUT2D eigenvalue weighted by Crippen LogP contribution is 2.47. The van der Waals surface area contributed by atoms with Crippen LogP contribution in [0.5, 0.6) is 5.75 Å². The van der Waals surface area contributed by atoms with Gasteiger partial charge in [0.25, 0.3) is 0 Å². The monoisotopic (exact) mass is 350 g/mol. The Morgan fingerprint density at radius 1 is 0.680 bits per heavy atom. The van der Waals surface area contributed by atoms with Crippen molar-refractivity contribution in [1.82, 2.24) is 0 Å². The zero-order chi connectivity index (χ0) is 17.9. The summed E-state index contributed by atoms with van der Waals surface area (Å²) in [5.74, 6) is 0.672. The first-order chi connectivity index (χ1) is 11.9. The van der Waals surface area contributed by atoms with Gasteiger partial charge in [0.2, 0.25) is 0 Å². The third kappa shape index (κ3) is 3.70. The van der Waals surface area contributed by atoms with Crippen LogP contribution < -0.4 is 15.1 Å². The summed E-state index contributed by atoms with van der Waals surface area (Å²) in [4.78, 5) is 0.